The van der Waals surface area contributed by atoms with Crippen molar-refractivity contribution in [3.63, 3.8) is 0 Å². The number of nitrogens with two attached hydrogens (primary N) is 1. The van der Waals surface area contributed by atoms with Gasteiger partial charge < -0.3 is 29.9 Å². The Morgan fingerprint density at radius 1 is 1.04 bits per heavy atom. The van der Waals surface area contributed by atoms with Crippen LogP contribution in [0.1, 0.15) is 45.2 Å². The van der Waals surface area contributed by atoms with Crippen LogP contribution in [0.5, 0.6) is 0 Å². The number of hydrogen-bond donors (Lipinski definition) is 3. The van der Waals surface area contributed by atoms with Gasteiger partial charge in [-0.1, -0.05) is 11.6 Å². The van der Waals surface area contributed by atoms with Gasteiger partial charge in [0.1, 0.15) is 11.4 Å². The number of nitrogen functional groups attached to an aromatic ring is 1. The smallest absolute Gasteiger partial charge is 0.397 e. The summed E-state index contributed by atoms with van der Waals surface area (Å²) in [5.74, 6) is -1.03. The summed E-state index contributed by atoms with van der Waals surface area (Å²) >= 11 is 6.52. The Balaban J connectivity index is 1.14. The molecule has 13 nitrogen and oxygen atoms in total. The van der Waals surface area contributed by atoms with Crippen molar-refractivity contribution in [2.45, 2.75) is 25.9 Å². The first-order valence-corrected chi connectivity index (χ1v) is 16.8. The number of nitrogens with one attached hydrogen (secondary N) is 2. The number of carbonyl (C=O) groups excluding carboxylic acids is 3. The number of alkyl halides is 3. The minimum Gasteiger partial charge on any atom is -0.397 e. The van der Waals surface area contributed by atoms with Crippen molar-refractivity contribution < 1.29 is 32.0 Å². The number of pyridine rings is 1. The second kappa shape index (κ2) is 13.6. The number of hydrogen-bond acceptors (Lipinski definition) is 7. The average Bonchev–Trinajstić information content (AvgIpc) is 3.69. The molecule has 3 amide bonds. The molecule has 3 aromatic heterocycles. The second-order valence-corrected chi connectivity index (χ2v) is 14.0. The largest absolute Gasteiger partial charge is 0.433 e. The molecule has 0 radical (unpaired) electrons. The van der Waals surface area contributed by atoms with E-state index in [1.54, 1.807) is 11.8 Å². The third-order valence-corrected chi connectivity index (χ3v) is 10.0. The lowest BCUT2D eigenvalue weighted by molar-refractivity contribution is -0.895. The summed E-state index contributed by atoms with van der Waals surface area (Å²) in [5.41, 5.74) is 5.69. The fraction of sp³-hybridized carbons (Fsp3) is 0.412. The Hall–Kier alpha value is -4.96. The van der Waals surface area contributed by atoms with Gasteiger partial charge in [-0.2, -0.15) is 18.3 Å². The van der Waals surface area contributed by atoms with E-state index in [2.05, 4.69) is 39.6 Å². The van der Waals surface area contributed by atoms with Gasteiger partial charge in [-0.3, -0.25) is 19.5 Å². The van der Waals surface area contributed by atoms with Gasteiger partial charge >= 0.3 is 6.18 Å². The minimum absolute atomic E-state index is 0.0182. The number of carbonyl (C=O) groups is 3. The lowest BCUT2D eigenvalue weighted by Crippen LogP contribution is -2.54. The molecule has 5 heterocycles. The van der Waals surface area contributed by atoms with Gasteiger partial charge in [0, 0.05) is 57.7 Å². The standard InChI is InChI=1S/C34H38ClF3N10O3/c1-19-24(39)7-8-25(41-19)28-27(29(44-43-28)34(36,37)38)26-18-40-30(45(26)2)31(49)42-21-5-6-22(23(35)17-21)33(51)47-13-11-46(12-14-47)32(50)20-9-15-48(3,4)16-10-20/h5-8,17-18,20H,9-16H2,1-4H3,(H3-,39,40,41,42,43,44,49,51)/p+1. The van der Waals surface area contributed by atoms with Crippen LogP contribution in [0.3, 0.4) is 0 Å². The maximum atomic E-state index is 14.1. The number of amides is 3. The number of piperazine rings is 1. The van der Waals surface area contributed by atoms with Gasteiger partial charge in [0.25, 0.3) is 11.8 Å². The second-order valence-electron chi connectivity index (χ2n) is 13.6. The van der Waals surface area contributed by atoms with Crippen molar-refractivity contribution >= 4 is 40.7 Å². The van der Waals surface area contributed by atoms with Crippen molar-refractivity contribution in [3.05, 3.63) is 64.3 Å². The zero-order valence-electron chi connectivity index (χ0n) is 28.6. The molecule has 6 rings (SSSR count). The van der Waals surface area contributed by atoms with Crippen molar-refractivity contribution in [1.29, 1.82) is 0 Å². The van der Waals surface area contributed by atoms with Crippen LogP contribution in [0.15, 0.2) is 36.5 Å². The predicted molar refractivity (Wildman–Crippen MR) is 185 cm³/mol. The lowest BCUT2D eigenvalue weighted by Gasteiger charge is -2.40. The monoisotopic (exact) mass is 727 g/mol. The van der Waals surface area contributed by atoms with Crippen LogP contribution in [0.4, 0.5) is 24.5 Å². The van der Waals surface area contributed by atoms with Gasteiger partial charge in [-0.05, 0) is 37.3 Å². The quantitative estimate of drug-likeness (QED) is 0.248. The van der Waals surface area contributed by atoms with Crippen LogP contribution in [-0.2, 0) is 18.0 Å². The lowest BCUT2D eigenvalue weighted by atomic mass is 9.94. The maximum absolute atomic E-state index is 14.1. The molecule has 17 heteroatoms. The number of nitrogens with zero attached hydrogens (tertiary/aromatic N) is 7. The number of quaternary nitrogens is 1. The summed E-state index contributed by atoms with van der Waals surface area (Å²) in [6, 6.07) is 7.41. The Kier molecular flexibility index (Phi) is 9.59. The van der Waals surface area contributed by atoms with Crippen LogP contribution in [-0.4, -0.2) is 110 Å². The number of imidazole rings is 1. The Morgan fingerprint density at radius 2 is 1.71 bits per heavy atom. The van der Waals surface area contributed by atoms with Crippen molar-refractivity contribution in [1.82, 2.24) is 34.5 Å². The number of likely N-dealkylation sites (tertiary alicyclic amines) is 1. The summed E-state index contributed by atoms with van der Waals surface area (Å²) < 4.78 is 44.4. The number of aromatic amines is 1. The highest BCUT2D eigenvalue weighted by molar-refractivity contribution is 6.34. The first-order chi connectivity index (χ1) is 24.0. The number of rotatable bonds is 6. The van der Waals surface area contributed by atoms with Gasteiger partial charge in [-0.15, -0.1) is 0 Å². The number of benzene rings is 1. The molecule has 2 aliphatic rings. The fourth-order valence-electron chi connectivity index (χ4n) is 6.56. The molecule has 4 aromatic rings. The summed E-state index contributed by atoms with van der Waals surface area (Å²) in [6.07, 6.45) is -1.93. The molecule has 1 aromatic carbocycles. The summed E-state index contributed by atoms with van der Waals surface area (Å²) in [7, 11) is 5.76. The highest BCUT2D eigenvalue weighted by atomic mass is 35.5. The van der Waals surface area contributed by atoms with E-state index in [0.29, 0.717) is 37.6 Å². The van der Waals surface area contributed by atoms with Crippen LogP contribution < -0.4 is 11.1 Å². The SMILES string of the molecule is Cc1nc(-c2n[nH]c(C(F)(F)F)c2-c2cnc(C(=O)Nc3ccc(C(=O)N4CCN(C(=O)C5CC[N+](C)(C)CC5)CC4)c(Cl)c3)n2C)ccc1N. The van der Waals surface area contributed by atoms with E-state index >= 15 is 0 Å². The number of halogens is 4. The summed E-state index contributed by atoms with van der Waals surface area (Å²) in [5, 5.41) is 8.73. The predicted octanol–water partition coefficient (Wildman–Crippen LogP) is 4.46. The van der Waals surface area contributed by atoms with Crippen LogP contribution in [0, 0.1) is 12.8 Å². The van der Waals surface area contributed by atoms with Crippen LogP contribution >= 0.6 is 11.6 Å². The Labute approximate surface area is 297 Å². The number of piperidine rings is 1. The first-order valence-electron chi connectivity index (χ1n) is 16.5. The molecule has 2 saturated heterocycles. The molecule has 270 valence electrons. The summed E-state index contributed by atoms with van der Waals surface area (Å²) in [6.45, 7) is 5.18. The molecule has 0 aliphatic carbocycles. The van der Waals surface area contributed by atoms with Crippen LogP contribution in [0.2, 0.25) is 5.02 Å². The summed E-state index contributed by atoms with van der Waals surface area (Å²) in [4.78, 5) is 51.8. The van der Waals surface area contributed by atoms with E-state index < -0.39 is 17.8 Å². The molecule has 0 bridgehead atoms. The zero-order valence-corrected chi connectivity index (χ0v) is 29.4. The van der Waals surface area contributed by atoms with E-state index in [-0.39, 0.29) is 62.5 Å². The Bertz CT molecular complexity index is 1990. The minimum atomic E-state index is -4.80. The van der Waals surface area contributed by atoms with Gasteiger partial charge in [-0.25, -0.2) is 9.97 Å². The average molecular weight is 728 g/mol. The molecular weight excluding hydrogens is 689 g/mol. The van der Waals surface area contributed by atoms with Gasteiger partial charge in [0.05, 0.1) is 72.3 Å². The maximum Gasteiger partial charge on any atom is 0.433 e. The molecule has 4 N–H and O–H groups in total. The topological polar surface area (TPSA) is 155 Å². The third-order valence-electron chi connectivity index (χ3n) is 9.72. The van der Waals surface area contributed by atoms with Crippen molar-refractivity contribution in [2.24, 2.45) is 13.0 Å². The molecule has 0 unspecified atom stereocenters. The number of aryl methyl sites for hydroxylation is 1. The van der Waals surface area contributed by atoms with Crippen LogP contribution in [0.25, 0.3) is 22.6 Å². The van der Waals surface area contributed by atoms with Gasteiger partial charge in [0.15, 0.2) is 5.82 Å². The molecule has 0 saturated carbocycles. The number of anilines is 2. The highest BCUT2D eigenvalue weighted by Crippen LogP contribution is 2.41. The number of H-pyrrole nitrogens is 1. The molecule has 51 heavy (non-hydrogen) atoms. The molecule has 0 spiro atoms. The van der Waals surface area contributed by atoms with Gasteiger partial charge in [0.2, 0.25) is 5.91 Å². The van der Waals surface area contributed by atoms with E-state index in [4.69, 9.17) is 17.3 Å². The number of aromatic nitrogens is 5. The normalized spacial score (nSPS) is 16.7. The van der Waals surface area contributed by atoms with E-state index in [1.807, 2.05) is 4.90 Å². The van der Waals surface area contributed by atoms with Crippen molar-refractivity contribution in [3.8, 4) is 22.6 Å². The third kappa shape index (κ3) is 7.28. The Morgan fingerprint density at radius 3 is 2.33 bits per heavy atom. The van der Waals surface area contributed by atoms with Crippen molar-refractivity contribution in [2.75, 3.05) is 64.4 Å². The van der Waals surface area contributed by atoms with E-state index in [1.165, 1.54) is 41.9 Å². The molecule has 2 aliphatic heterocycles. The zero-order chi connectivity index (χ0) is 36.8. The molecule has 0 atom stereocenters. The first kappa shape index (κ1) is 35.9. The molecular formula is C34H39ClF3N10O3+. The molecule has 2 fully saturated rings. The van der Waals surface area contributed by atoms with E-state index in [9.17, 15) is 27.6 Å². The van der Waals surface area contributed by atoms with E-state index in [0.717, 1.165) is 36.6 Å². The highest BCUT2D eigenvalue weighted by Gasteiger charge is 2.40. The fourth-order valence-corrected chi connectivity index (χ4v) is 6.83.